The van der Waals surface area contributed by atoms with Crippen LogP contribution in [0.5, 0.6) is 0 Å². The number of nitrogens with zero attached hydrogens (tertiary/aromatic N) is 1. The van der Waals surface area contributed by atoms with E-state index in [4.69, 9.17) is 0 Å². The van der Waals surface area contributed by atoms with Crippen LogP contribution in [0.1, 0.15) is 30.9 Å². The fourth-order valence-electron chi connectivity index (χ4n) is 3.32. The number of hydrogen-bond acceptors (Lipinski definition) is 3. The second kappa shape index (κ2) is 6.58. The summed E-state index contributed by atoms with van der Waals surface area (Å²) in [6.45, 7) is 6.09. The van der Waals surface area contributed by atoms with Gasteiger partial charge in [0.1, 0.15) is 0 Å². The lowest BCUT2D eigenvalue weighted by molar-refractivity contribution is -0.123. The zero-order chi connectivity index (χ0) is 14.7. The first kappa shape index (κ1) is 14.5. The molecule has 3 rings (SSSR count). The van der Waals surface area contributed by atoms with Gasteiger partial charge >= 0.3 is 0 Å². The molecule has 0 saturated carbocycles. The van der Waals surface area contributed by atoms with Crippen LogP contribution < -0.4 is 10.6 Å². The molecule has 0 aromatic heterocycles. The van der Waals surface area contributed by atoms with E-state index in [2.05, 4.69) is 46.7 Å². The summed E-state index contributed by atoms with van der Waals surface area (Å²) in [4.78, 5) is 14.8. The molecule has 1 fully saturated rings. The molecule has 1 amide bonds. The van der Waals surface area contributed by atoms with E-state index >= 15 is 0 Å². The van der Waals surface area contributed by atoms with E-state index in [1.165, 1.54) is 37.1 Å². The minimum absolute atomic E-state index is 0.0920. The second-order valence-corrected chi connectivity index (χ2v) is 6.24. The van der Waals surface area contributed by atoms with Crippen LogP contribution in [0.15, 0.2) is 24.3 Å². The monoisotopic (exact) mass is 287 g/mol. The Morgan fingerprint density at radius 1 is 1.33 bits per heavy atom. The molecular weight excluding hydrogens is 262 g/mol. The summed E-state index contributed by atoms with van der Waals surface area (Å²) in [5.74, 6) is 0.135. The van der Waals surface area contributed by atoms with Crippen molar-refractivity contribution < 1.29 is 4.79 Å². The van der Waals surface area contributed by atoms with E-state index < -0.39 is 0 Å². The highest BCUT2D eigenvalue weighted by molar-refractivity contribution is 5.82. The first-order chi connectivity index (χ1) is 10.2. The number of benzene rings is 1. The van der Waals surface area contributed by atoms with Crippen molar-refractivity contribution in [1.82, 2.24) is 15.5 Å². The van der Waals surface area contributed by atoms with Crippen LogP contribution in [-0.2, 0) is 17.8 Å². The molecule has 2 aliphatic rings. The Bertz CT molecular complexity index is 497. The third kappa shape index (κ3) is 3.44. The molecule has 0 radical (unpaired) electrons. The van der Waals surface area contributed by atoms with Gasteiger partial charge in [-0.1, -0.05) is 24.3 Å². The predicted molar refractivity (Wildman–Crippen MR) is 84.1 cm³/mol. The van der Waals surface area contributed by atoms with E-state index in [9.17, 15) is 4.79 Å². The maximum Gasteiger partial charge on any atom is 0.237 e. The van der Waals surface area contributed by atoms with Gasteiger partial charge in [-0.05, 0) is 50.4 Å². The summed E-state index contributed by atoms with van der Waals surface area (Å²) in [6.07, 6.45) is 3.37. The Balaban J connectivity index is 1.50. The van der Waals surface area contributed by atoms with Crippen molar-refractivity contribution in [3.05, 3.63) is 35.4 Å². The lowest BCUT2D eigenvalue weighted by atomic mass is 9.95. The average molecular weight is 287 g/mol. The van der Waals surface area contributed by atoms with Crippen LogP contribution in [0.25, 0.3) is 0 Å². The summed E-state index contributed by atoms with van der Waals surface area (Å²) in [6, 6.07) is 8.71. The van der Waals surface area contributed by atoms with Gasteiger partial charge in [-0.15, -0.1) is 0 Å². The highest BCUT2D eigenvalue weighted by atomic mass is 16.2. The Hall–Kier alpha value is -1.39. The molecule has 4 nitrogen and oxygen atoms in total. The van der Waals surface area contributed by atoms with Gasteiger partial charge in [0, 0.05) is 19.1 Å². The van der Waals surface area contributed by atoms with E-state index in [-0.39, 0.29) is 11.9 Å². The van der Waals surface area contributed by atoms with Crippen molar-refractivity contribution in [2.75, 3.05) is 19.6 Å². The van der Waals surface area contributed by atoms with Crippen molar-refractivity contribution in [2.45, 2.75) is 44.8 Å². The number of likely N-dealkylation sites (tertiary alicyclic amines) is 1. The first-order valence-corrected chi connectivity index (χ1v) is 8.06. The highest BCUT2D eigenvalue weighted by Crippen LogP contribution is 2.16. The van der Waals surface area contributed by atoms with Crippen LogP contribution in [-0.4, -0.2) is 42.5 Å². The Morgan fingerprint density at radius 2 is 2.05 bits per heavy atom. The lowest BCUT2D eigenvalue weighted by Gasteiger charge is -2.28. The van der Waals surface area contributed by atoms with Gasteiger partial charge in [-0.25, -0.2) is 0 Å². The summed E-state index contributed by atoms with van der Waals surface area (Å²) >= 11 is 0. The minimum atomic E-state index is -0.0920. The van der Waals surface area contributed by atoms with Crippen molar-refractivity contribution >= 4 is 5.91 Å². The van der Waals surface area contributed by atoms with Crippen molar-refractivity contribution in [2.24, 2.45) is 0 Å². The topological polar surface area (TPSA) is 44.4 Å². The summed E-state index contributed by atoms with van der Waals surface area (Å²) in [7, 11) is 0. The molecule has 2 atom stereocenters. The van der Waals surface area contributed by atoms with Crippen LogP contribution >= 0.6 is 0 Å². The van der Waals surface area contributed by atoms with Gasteiger partial charge in [0.15, 0.2) is 0 Å². The normalized spacial score (nSPS) is 23.6. The van der Waals surface area contributed by atoms with E-state index in [1.807, 2.05) is 0 Å². The van der Waals surface area contributed by atoms with Gasteiger partial charge in [0.05, 0.1) is 6.04 Å². The fraction of sp³-hybridized carbons (Fsp3) is 0.588. The molecule has 0 aliphatic carbocycles. The number of nitrogens with one attached hydrogen (secondary N) is 2. The third-order valence-corrected chi connectivity index (χ3v) is 4.73. The zero-order valence-corrected chi connectivity index (χ0v) is 12.8. The van der Waals surface area contributed by atoms with Crippen LogP contribution in [0.3, 0.4) is 0 Å². The smallest absolute Gasteiger partial charge is 0.237 e. The van der Waals surface area contributed by atoms with Gasteiger partial charge in [-0.2, -0.15) is 0 Å². The largest absolute Gasteiger partial charge is 0.353 e. The van der Waals surface area contributed by atoms with Gasteiger partial charge in [-0.3, -0.25) is 9.69 Å². The number of rotatable bonds is 4. The third-order valence-electron chi connectivity index (χ3n) is 4.73. The fourth-order valence-corrected chi connectivity index (χ4v) is 3.32. The lowest BCUT2D eigenvalue weighted by Crippen LogP contribution is -2.50. The van der Waals surface area contributed by atoms with Gasteiger partial charge in [0.2, 0.25) is 5.91 Å². The Labute approximate surface area is 126 Å². The van der Waals surface area contributed by atoms with Crippen molar-refractivity contribution in [3.63, 3.8) is 0 Å². The molecule has 0 spiro atoms. The standard InChI is InChI=1S/C17H25N3O/c1-13(20-8-4-5-9-20)11-19-17(21)16-10-14-6-2-3-7-15(14)12-18-16/h2-3,6-7,13,16,18H,4-5,8-12H2,1H3,(H,19,21). The molecule has 1 aromatic rings. The molecule has 4 heteroatoms. The number of hydrogen-bond donors (Lipinski definition) is 2. The maximum absolute atomic E-state index is 12.3. The number of carbonyl (C=O) groups excluding carboxylic acids is 1. The van der Waals surface area contributed by atoms with Crippen molar-refractivity contribution in [3.8, 4) is 0 Å². The van der Waals surface area contributed by atoms with Crippen LogP contribution in [0, 0.1) is 0 Å². The maximum atomic E-state index is 12.3. The number of amides is 1. The molecule has 2 unspecified atom stereocenters. The van der Waals surface area contributed by atoms with Gasteiger partial charge < -0.3 is 10.6 Å². The molecule has 1 saturated heterocycles. The summed E-state index contributed by atoms with van der Waals surface area (Å²) in [5.41, 5.74) is 2.61. The zero-order valence-electron chi connectivity index (χ0n) is 12.8. The van der Waals surface area contributed by atoms with Crippen LogP contribution in [0.2, 0.25) is 0 Å². The van der Waals surface area contributed by atoms with Gasteiger partial charge in [0.25, 0.3) is 0 Å². The Morgan fingerprint density at radius 3 is 2.81 bits per heavy atom. The van der Waals surface area contributed by atoms with E-state index in [1.54, 1.807) is 0 Å². The average Bonchev–Trinajstić information content (AvgIpc) is 3.06. The van der Waals surface area contributed by atoms with Crippen molar-refractivity contribution in [1.29, 1.82) is 0 Å². The predicted octanol–water partition coefficient (Wildman–Crippen LogP) is 1.30. The SMILES string of the molecule is CC(CNC(=O)C1Cc2ccccc2CN1)N1CCCC1. The van der Waals surface area contributed by atoms with E-state index in [0.29, 0.717) is 6.04 Å². The molecule has 2 N–H and O–H groups in total. The molecule has 2 heterocycles. The Kier molecular flexibility index (Phi) is 4.56. The summed E-state index contributed by atoms with van der Waals surface area (Å²) < 4.78 is 0. The molecule has 21 heavy (non-hydrogen) atoms. The molecule has 1 aromatic carbocycles. The molecular formula is C17H25N3O. The van der Waals surface area contributed by atoms with E-state index in [0.717, 1.165) is 19.5 Å². The molecule has 114 valence electrons. The summed E-state index contributed by atoms with van der Waals surface area (Å²) in [5, 5.41) is 6.46. The molecule has 0 bridgehead atoms. The number of carbonyl (C=O) groups is 1. The second-order valence-electron chi connectivity index (χ2n) is 6.24. The minimum Gasteiger partial charge on any atom is -0.353 e. The quantitative estimate of drug-likeness (QED) is 0.877. The molecule has 2 aliphatic heterocycles. The van der Waals surface area contributed by atoms with Crippen LogP contribution in [0.4, 0.5) is 0 Å². The highest BCUT2D eigenvalue weighted by Gasteiger charge is 2.25. The first-order valence-electron chi connectivity index (χ1n) is 8.06. The number of fused-ring (bicyclic) bond motifs is 1.